The first kappa shape index (κ1) is 18.3. The van der Waals surface area contributed by atoms with Crippen LogP contribution in [0, 0.1) is 0 Å². The van der Waals surface area contributed by atoms with Gasteiger partial charge in [0.25, 0.3) is 5.91 Å². The third kappa shape index (κ3) is 3.66. The minimum atomic E-state index is -3.53. The molecule has 1 aromatic heterocycles. The summed E-state index contributed by atoms with van der Waals surface area (Å²) in [6.07, 6.45) is 7.21. The number of aromatic nitrogens is 1. The first-order chi connectivity index (χ1) is 13.1. The van der Waals surface area contributed by atoms with E-state index in [-0.39, 0.29) is 22.5 Å². The number of piperidine rings is 1. The molecule has 1 fully saturated rings. The number of aromatic amines is 1. The van der Waals surface area contributed by atoms with Gasteiger partial charge in [-0.3, -0.25) is 4.79 Å². The Bertz CT molecular complexity index is 929. The fourth-order valence-corrected chi connectivity index (χ4v) is 5.56. The third-order valence-electron chi connectivity index (χ3n) is 5.53. The second kappa shape index (κ2) is 7.48. The predicted molar refractivity (Wildman–Crippen MR) is 103 cm³/mol. The average molecular weight is 388 g/mol. The van der Waals surface area contributed by atoms with Crippen LogP contribution in [0.5, 0.6) is 0 Å². The van der Waals surface area contributed by atoms with Crippen LogP contribution in [0.15, 0.2) is 41.4 Å². The predicted octanol–water partition coefficient (Wildman–Crippen LogP) is 3.00. The lowest BCUT2D eigenvalue weighted by atomic mass is 9.88. The van der Waals surface area contributed by atoms with Crippen molar-refractivity contribution in [1.29, 1.82) is 0 Å². The van der Waals surface area contributed by atoms with E-state index in [0.29, 0.717) is 13.1 Å². The van der Waals surface area contributed by atoms with Crippen LogP contribution in [0.3, 0.4) is 0 Å². The molecule has 27 heavy (non-hydrogen) atoms. The van der Waals surface area contributed by atoms with E-state index in [9.17, 15) is 13.2 Å². The Morgan fingerprint density at radius 1 is 1.11 bits per heavy atom. The molecule has 6 nitrogen and oxygen atoms in total. The van der Waals surface area contributed by atoms with Crippen molar-refractivity contribution < 1.29 is 13.2 Å². The molecule has 0 spiro atoms. The summed E-state index contributed by atoms with van der Waals surface area (Å²) >= 11 is 0. The van der Waals surface area contributed by atoms with Crippen molar-refractivity contribution in [2.45, 2.75) is 49.5 Å². The molecular formula is C20H25N3O3S. The zero-order chi connectivity index (χ0) is 18.9. The van der Waals surface area contributed by atoms with Crippen molar-refractivity contribution in [1.82, 2.24) is 14.6 Å². The maximum atomic E-state index is 12.8. The summed E-state index contributed by atoms with van der Waals surface area (Å²) in [4.78, 5) is 15.7. The number of rotatable bonds is 4. The fourth-order valence-electron chi connectivity index (χ4n) is 4.05. The molecule has 7 heteroatoms. The highest BCUT2D eigenvalue weighted by Crippen LogP contribution is 2.30. The molecule has 1 aromatic carbocycles. The van der Waals surface area contributed by atoms with E-state index < -0.39 is 10.0 Å². The van der Waals surface area contributed by atoms with Crippen molar-refractivity contribution in [2.75, 3.05) is 13.1 Å². The van der Waals surface area contributed by atoms with Gasteiger partial charge in [-0.2, -0.15) is 4.31 Å². The number of carbonyl (C=O) groups is 1. The number of fused-ring (bicyclic) bond motifs is 1. The Morgan fingerprint density at radius 2 is 1.89 bits per heavy atom. The first-order valence-electron chi connectivity index (χ1n) is 9.63. The van der Waals surface area contributed by atoms with Crippen molar-refractivity contribution in [3.63, 3.8) is 0 Å². The largest absolute Gasteiger partial charge is 0.356 e. The number of amides is 1. The molecule has 144 valence electrons. The summed E-state index contributed by atoms with van der Waals surface area (Å²) in [7, 11) is -3.53. The summed E-state index contributed by atoms with van der Waals surface area (Å²) in [5.74, 6) is -0.267. The lowest BCUT2D eigenvalue weighted by Gasteiger charge is -2.26. The van der Waals surface area contributed by atoms with Crippen molar-refractivity contribution in [3.05, 3.63) is 53.3 Å². The van der Waals surface area contributed by atoms with E-state index in [1.54, 1.807) is 0 Å². The number of nitrogens with one attached hydrogen (secondary N) is 2. The van der Waals surface area contributed by atoms with Gasteiger partial charge < -0.3 is 10.3 Å². The third-order valence-corrected chi connectivity index (χ3v) is 7.41. The van der Waals surface area contributed by atoms with Crippen LogP contribution in [0.4, 0.5) is 0 Å². The highest BCUT2D eigenvalue weighted by atomic mass is 32.2. The highest BCUT2D eigenvalue weighted by Gasteiger charge is 2.28. The zero-order valence-corrected chi connectivity index (χ0v) is 16.1. The second-order valence-electron chi connectivity index (χ2n) is 7.33. The molecule has 4 rings (SSSR count). The molecule has 0 radical (unpaired) electrons. The Kier molecular flexibility index (Phi) is 5.06. The van der Waals surface area contributed by atoms with Gasteiger partial charge >= 0.3 is 0 Å². The molecule has 1 aliphatic heterocycles. The number of sulfonamides is 1. The highest BCUT2D eigenvalue weighted by molar-refractivity contribution is 7.89. The number of carbonyl (C=O) groups excluding carboxylic acids is 1. The molecule has 0 bridgehead atoms. The monoisotopic (exact) mass is 387 g/mol. The van der Waals surface area contributed by atoms with Crippen LogP contribution < -0.4 is 5.32 Å². The lowest BCUT2D eigenvalue weighted by molar-refractivity contribution is 0.0928. The number of nitrogens with zero attached hydrogens (tertiary/aromatic N) is 1. The zero-order valence-electron chi connectivity index (χ0n) is 15.3. The van der Waals surface area contributed by atoms with Crippen LogP contribution >= 0.6 is 0 Å². The van der Waals surface area contributed by atoms with E-state index in [2.05, 4.69) is 22.4 Å². The number of hydrogen-bond donors (Lipinski definition) is 2. The van der Waals surface area contributed by atoms with E-state index in [4.69, 9.17) is 0 Å². The van der Waals surface area contributed by atoms with E-state index in [1.165, 1.54) is 22.1 Å². The summed E-state index contributed by atoms with van der Waals surface area (Å²) in [6.45, 7) is 1.10. The second-order valence-corrected chi connectivity index (χ2v) is 9.27. The molecule has 1 atom stereocenters. The van der Waals surface area contributed by atoms with Crippen LogP contribution in [0.1, 0.15) is 59.8 Å². The summed E-state index contributed by atoms with van der Waals surface area (Å²) in [5, 5.41) is 3.06. The van der Waals surface area contributed by atoms with Gasteiger partial charge in [0.15, 0.2) is 0 Å². The molecule has 2 heterocycles. The van der Waals surface area contributed by atoms with Crippen LogP contribution in [-0.2, 0) is 16.4 Å². The average Bonchev–Trinajstić information content (AvgIpc) is 3.20. The van der Waals surface area contributed by atoms with Gasteiger partial charge in [-0.25, -0.2) is 8.42 Å². The van der Waals surface area contributed by atoms with Crippen LogP contribution in [-0.4, -0.2) is 36.7 Å². The Morgan fingerprint density at radius 3 is 2.70 bits per heavy atom. The molecule has 2 aliphatic rings. The molecule has 2 aromatic rings. The van der Waals surface area contributed by atoms with Gasteiger partial charge in [0.2, 0.25) is 10.0 Å². The maximum absolute atomic E-state index is 12.8. The molecular weight excluding hydrogens is 362 g/mol. The first-order valence-corrected chi connectivity index (χ1v) is 11.1. The van der Waals surface area contributed by atoms with Gasteiger partial charge in [0.05, 0.1) is 6.04 Å². The molecule has 1 saturated heterocycles. The maximum Gasteiger partial charge on any atom is 0.268 e. The number of aryl methyl sites for hydroxylation is 1. The fraction of sp³-hybridized carbons (Fsp3) is 0.450. The van der Waals surface area contributed by atoms with Gasteiger partial charge in [-0.05, 0) is 49.3 Å². The summed E-state index contributed by atoms with van der Waals surface area (Å²) in [6, 6.07) is 9.58. The van der Waals surface area contributed by atoms with E-state index in [1.807, 2.05) is 12.1 Å². The van der Waals surface area contributed by atoms with E-state index in [0.717, 1.165) is 44.1 Å². The standard InChI is InChI=1S/C20H25N3O3S/c24-20(22-18-10-6-8-15-7-2-3-9-17(15)18)19-13-16(14-21-19)27(25,26)23-11-4-1-5-12-23/h2-3,7,9,13-14,18,21H,1,4-6,8,10-12H2,(H,22,24). The van der Waals surface area contributed by atoms with Gasteiger partial charge in [0, 0.05) is 19.3 Å². The summed E-state index contributed by atoms with van der Waals surface area (Å²) < 4.78 is 27.0. The molecule has 1 unspecified atom stereocenters. The van der Waals surface area contributed by atoms with Gasteiger partial charge in [-0.15, -0.1) is 0 Å². The Balaban J connectivity index is 1.50. The van der Waals surface area contributed by atoms with Gasteiger partial charge in [0.1, 0.15) is 10.6 Å². The Labute approximate surface area is 160 Å². The molecule has 2 N–H and O–H groups in total. The van der Waals surface area contributed by atoms with E-state index >= 15 is 0 Å². The van der Waals surface area contributed by atoms with Crippen molar-refractivity contribution in [3.8, 4) is 0 Å². The number of hydrogen-bond acceptors (Lipinski definition) is 3. The Hall–Kier alpha value is -2.12. The van der Waals surface area contributed by atoms with Crippen LogP contribution in [0.25, 0.3) is 0 Å². The molecule has 1 amide bonds. The molecule has 1 aliphatic carbocycles. The van der Waals surface area contributed by atoms with Gasteiger partial charge in [-0.1, -0.05) is 30.7 Å². The van der Waals surface area contributed by atoms with Crippen molar-refractivity contribution >= 4 is 15.9 Å². The minimum Gasteiger partial charge on any atom is -0.356 e. The minimum absolute atomic E-state index is 0.0344. The lowest BCUT2D eigenvalue weighted by Crippen LogP contribution is -2.35. The van der Waals surface area contributed by atoms with Crippen molar-refractivity contribution in [2.24, 2.45) is 0 Å². The van der Waals surface area contributed by atoms with Crippen LogP contribution in [0.2, 0.25) is 0 Å². The normalized spacial score (nSPS) is 20.8. The summed E-state index contributed by atoms with van der Waals surface area (Å²) in [5.41, 5.74) is 2.72. The quantitative estimate of drug-likeness (QED) is 0.846. The molecule has 0 saturated carbocycles. The topological polar surface area (TPSA) is 82.3 Å². The number of H-pyrrole nitrogens is 1. The number of benzene rings is 1. The SMILES string of the molecule is O=C(NC1CCCc2ccccc21)c1cc(S(=O)(=O)N2CCCCC2)c[nH]1. The smallest absolute Gasteiger partial charge is 0.268 e.